The summed E-state index contributed by atoms with van der Waals surface area (Å²) in [5.41, 5.74) is 0.326. The third kappa shape index (κ3) is 3.92. The fraction of sp³-hybridized carbons (Fsp3) is 0.158. The fourth-order valence-electron chi connectivity index (χ4n) is 2.84. The standard InChI is InChI=1S/C19H18FN3O5S/c1-22(19(24)25)11-13-9-16(18-15(20)6-3-7-17(18)28-2)23(12-13)29(26,27)14-5-4-8-21-10-14/h3-10,12H,11H2,1-2H3,(H,24,25). The molecule has 0 aliphatic carbocycles. The second-order valence-electron chi connectivity index (χ2n) is 6.18. The van der Waals surface area contributed by atoms with Gasteiger partial charge in [0, 0.05) is 25.6 Å². The van der Waals surface area contributed by atoms with Crippen molar-refractivity contribution in [3.8, 4) is 17.0 Å². The number of halogens is 1. The number of hydrogen-bond acceptors (Lipinski definition) is 5. The van der Waals surface area contributed by atoms with Crippen LogP contribution in [0.1, 0.15) is 5.56 Å². The molecule has 1 N–H and O–H groups in total. The fourth-order valence-corrected chi connectivity index (χ4v) is 4.19. The predicted octanol–water partition coefficient (Wildman–Crippen LogP) is 3.04. The van der Waals surface area contributed by atoms with E-state index in [9.17, 15) is 17.6 Å². The minimum Gasteiger partial charge on any atom is -0.496 e. The molecule has 0 aliphatic rings. The van der Waals surface area contributed by atoms with E-state index >= 15 is 0 Å². The molecule has 0 atom stereocenters. The quantitative estimate of drug-likeness (QED) is 0.659. The lowest BCUT2D eigenvalue weighted by molar-refractivity contribution is 0.154. The highest BCUT2D eigenvalue weighted by Gasteiger charge is 2.26. The number of aromatic nitrogens is 2. The molecular formula is C19H18FN3O5S. The van der Waals surface area contributed by atoms with Crippen LogP contribution in [0.5, 0.6) is 5.75 Å². The van der Waals surface area contributed by atoms with E-state index in [1.807, 2.05) is 0 Å². The zero-order valence-electron chi connectivity index (χ0n) is 15.6. The molecule has 29 heavy (non-hydrogen) atoms. The Morgan fingerprint density at radius 2 is 2.07 bits per heavy atom. The molecule has 1 aromatic carbocycles. The number of hydrogen-bond donors (Lipinski definition) is 1. The van der Waals surface area contributed by atoms with Gasteiger partial charge < -0.3 is 14.7 Å². The van der Waals surface area contributed by atoms with Crippen LogP contribution in [-0.4, -0.2) is 47.6 Å². The van der Waals surface area contributed by atoms with Gasteiger partial charge in [-0.3, -0.25) is 4.98 Å². The van der Waals surface area contributed by atoms with Crippen molar-refractivity contribution in [3.63, 3.8) is 0 Å². The van der Waals surface area contributed by atoms with Gasteiger partial charge in [0.15, 0.2) is 0 Å². The zero-order valence-corrected chi connectivity index (χ0v) is 16.4. The maximum Gasteiger partial charge on any atom is 0.407 e. The highest BCUT2D eigenvalue weighted by Crippen LogP contribution is 2.35. The second kappa shape index (κ2) is 7.92. The summed E-state index contributed by atoms with van der Waals surface area (Å²) < 4.78 is 47.2. The molecule has 0 fully saturated rings. The summed E-state index contributed by atoms with van der Waals surface area (Å²) in [5.74, 6) is -0.535. The molecule has 0 saturated carbocycles. The van der Waals surface area contributed by atoms with Crippen molar-refractivity contribution < 1.29 is 27.4 Å². The number of ether oxygens (including phenoxy) is 1. The Morgan fingerprint density at radius 3 is 2.69 bits per heavy atom. The third-order valence-electron chi connectivity index (χ3n) is 4.23. The molecule has 8 nitrogen and oxygen atoms in total. The number of carboxylic acid groups (broad SMARTS) is 1. The van der Waals surface area contributed by atoms with E-state index in [1.54, 1.807) is 0 Å². The molecule has 3 aromatic rings. The van der Waals surface area contributed by atoms with E-state index < -0.39 is 21.9 Å². The van der Waals surface area contributed by atoms with Gasteiger partial charge in [-0.1, -0.05) is 6.07 Å². The molecule has 2 heterocycles. The van der Waals surface area contributed by atoms with E-state index in [2.05, 4.69) is 4.98 Å². The van der Waals surface area contributed by atoms with Gasteiger partial charge in [0.05, 0.1) is 24.9 Å². The number of carbonyl (C=O) groups is 1. The summed E-state index contributed by atoms with van der Waals surface area (Å²) in [6, 6.07) is 8.41. The van der Waals surface area contributed by atoms with E-state index in [4.69, 9.17) is 9.84 Å². The minimum absolute atomic E-state index is 0.0117. The van der Waals surface area contributed by atoms with Crippen LogP contribution < -0.4 is 4.74 Å². The van der Waals surface area contributed by atoms with Gasteiger partial charge in [0.2, 0.25) is 0 Å². The first kappa shape index (κ1) is 20.3. The number of rotatable bonds is 6. The highest BCUT2D eigenvalue weighted by molar-refractivity contribution is 7.90. The highest BCUT2D eigenvalue weighted by atomic mass is 32.2. The minimum atomic E-state index is -4.13. The number of nitrogens with zero attached hydrogens (tertiary/aromatic N) is 3. The van der Waals surface area contributed by atoms with Gasteiger partial charge in [-0.2, -0.15) is 0 Å². The smallest absolute Gasteiger partial charge is 0.407 e. The Bertz CT molecular complexity index is 1150. The topological polar surface area (TPSA) is 102 Å². The van der Waals surface area contributed by atoms with Gasteiger partial charge >= 0.3 is 6.09 Å². The summed E-state index contributed by atoms with van der Waals surface area (Å²) in [5, 5.41) is 9.11. The van der Waals surface area contributed by atoms with Crippen LogP contribution >= 0.6 is 0 Å². The van der Waals surface area contributed by atoms with Crippen LogP contribution in [0.3, 0.4) is 0 Å². The molecule has 3 rings (SSSR count). The SMILES string of the molecule is COc1cccc(F)c1-c1cc(CN(C)C(=O)O)cn1S(=O)(=O)c1cccnc1. The van der Waals surface area contributed by atoms with Crippen LogP contribution in [0.2, 0.25) is 0 Å². The second-order valence-corrected chi connectivity index (χ2v) is 7.99. The Morgan fingerprint density at radius 1 is 1.31 bits per heavy atom. The molecule has 0 aliphatic heterocycles. The average Bonchev–Trinajstić information content (AvgIpc) is 3.12. The van der Waals surface area contributed by atoms with E-state index in [0.29, 0.717) is 5.56 Å². The molecule has 0 spiro atoms. The lowest BCUT2D eigenvalue weighted by Gasteiger charge is -2.13. The Kier molecular flexibility index (Phi) is 5.55. The van der Waals surface area contributed by atoms with Gasteiger partial charge in [0.25, 0.3) is 10.0 Å². The van der Waals surface area contributed by atoms with Crippen molar-refractivity contribution in [2.45, 2.75) is 11.4 Å². The van der Waals surface area contributed by atoms with Crippen LogP contribution in [0.4, 0.5) is 9.18 Å². The first-order valence-corrected chi connectivity index (χ1v) is 9.83. The predicted molar refractivity (Wildman–Crippen MR) is 103 cm³/mol. The van der Waals surface area contributed by atoms with Crippen molar-refractivity contribution in [3.05, 3.63) is 66.4 Å². The molecule has 10 heteroatoms. The first-order valence-electron chi connectivity index (χ1n) is 8.39. The van der Waals surface area contributed by atoms with Crippen molar-refractivity contribution in [1.29, 1.82) is 0 Å². The molecule has 0 radical (unpaired) electrons. The normalized spacial score (nSPS) is 11.3. The van der Waals surface area contributed by atoms with E-state index in [-0.39, 0.29) is 28.4 Å². The van der Waals surface area contributed by atoms with Gasteiger partial charge in [-0.05, 0) is 35.9 Å². The van der Waals surface area contributed by atoms with Gasteiger partial charge in [-0.25, -0.2) is 21.6 Å². The summed E-state index contributed by atoms with van der Waals surface area (Å²) in [6.45, 7) is -0.0886. The lowest BCUT2D eigenvalue weighted by Crippen LogP contribution is -2.23. The summed E-state index contributed by atoms with van der Waals surface area (Å²) in [4.78, 5) is 15.9. The van der Waals surface area contributed by atoms with Gasteiger partial charge in [-0.15, -0.1) is 0 Å². The average molecular weight is 419 g/mol. The summed E-state index contributed by atoms with van der Waals surface area (Å²) in [6.07, 6.45) is 2.70. The van der Waals surface area contributed by atoms with Crippen LogP contribution in [0, 0.1) is 5.82 Å². The molecule has 0 saturated heterocycles. The number of benzene rings is 1. The van der Waals surface area contributed by atoms with Crippen LogP contribution in [0.15, 0.2) is 59.9 Å². The Balaban J connectivity index is 2.25. The number of methoxy groups -OCH3 is 1. The molecule has 0 bridgehead atoms. The van der Waals surface area contributed by atoms with Crippen molar-refractivity contribution in [2.24, 2.45) is 0 Å². The maximum absolute atomic E-state index is 14.7. The van der Waals surface area contributed by atoms with Crippen molar-refractivity contribution in [2.75, 3.05) is 14.2 Å². The zero-order chi connectivity index (χ0) is 21.2. The molecule has 2 aromatic heterocycles. The van der Waals surface area contributed by atoms with Crippen LogP contribution in [0.25, 0.3) is 11.3 Å². The Hall–Kier alpha value is -3.40. The van der Waals surface area contributed by atoms with Crippen molar-refractivity contribution >= 4 is 16.1 Å². The van der Waals surface area contributed by atoms with Gasteiger partial charge in [0.1, 0.15) is 16.5 Å². The van der Waals surface area contributed by atoms with Crippen molar-refractivity contribution in [1.82, 2.24) is 13.9 Å². The van der Waals surface area contributed by atoms with E-state index in [1.165, 1.54) is 69.1 Å². The Labute approximate surface area is 166 Å². The molecule has 152 valence electrons. The monoisotopic (exact) mass is 419 g/mol. The largest absolute Gasteiger partial charge is 0.496 e. The maximum atomic E-state index is 14.7. The summed E-state index contributed by atoms with van der Waals surface area (Å²) >= 11 is 0. The van der Waals surface area contributed by atoms with Crippen LogP contribution in [-0.2, 0) is 16.6 Å². The number of pyridine rings is 1. The van der Waals surface area contributed by atoms with E-state index in [0.717, 1.165) is 8.87 Å². The molecular weight excluding hydrogens is 401 g/mol. The molecule has 1 amide bonds. The lowest BCUT2D eigenvalue weighted by atomic mass is 10.1. The first-order chi connectivity index (χ1) is 13.8. The summed E-state index contributed by atoms with van der Waals surface area (Å²) in [7, 11) is -1.44. The number of amides is 1. The third-order valence-corrected chi connectivity index (χ3v) is 5.89. The molecule has 0 unspecified atom stereocenters.